The van der Waals surface area contributed by atoms with E-state index in [4.69, 9.17) is 5.73 Å². The second-order valence-electron chi connectivity index (χ2n) is 5.29. The SMILES string of the molecule is CCC(N)C(N1CC(C)CCC1C)C(F)(F)F. The third-order valence-corrected chi connectivity index (χ3v) is 3.74. The lowest BCUT2D eigenvalue weighted by molar-refractivity contribution is -0.199. The fourth-order valence-electron chi connectivity index (χ4n) is 2.61. The predicted octanol–water partition coefficient (Wildman–Crippen LogP) is 2.78. The molecule has 17 heavy (non-hydrogen) atoms. The summed E-state index contributed by atoms with van der Waals surface area (Å²) in [4.78, 5) is 1.56. The highest BCUT2D eigenvalue weighted by Gasteiger charge is 2.48. The highest BCUT2D eigenvalue weighted by Crippen LogP contribution is 2.33. The fourth-order valence-corrected chi connectivity index (χ4v) is 2.61. The smallest absolute Gasteiger partial charge is 0.326 e. The summed E-state index contributed by atoms with van der Waals surface area (Å²) in [5.74, 6) is 0.320. The molecule has 0 bridgehead atoms. The zero-order valence-corrected chi connectivity index (χ0v) is 10.8. The predicted molar refractivity (Wildman–Crippen MR) is 62.7 cm³/mol. The molecular formula is C12H23F3N2. The standard InChI is InChI=1S/C12H23F3N2/c1-4-10(16)11(12(13,14)15)17-7-8(2)5-6-9(17)3/h8-11H,4-7,16H2,1-3H3. The van der Waals surface area contributed by atoms with Gasteiger partial charge in [-0.2, -0.15) is 13.2 Å². The normalized spacial score (nSPS) is 31.2. The van der Waals surface area contributed by atoms with Crippen LogP contribution in [0.5, 0.6) is 0 Å². The van der Waals surface area contributed by atoms with E-state index in [1.807, 2.05) is 13.8 Å². The molecular weight excluding hydrogens is 229 g/mol. The number of halogens is 3. The number of piperidine rings is 1. The molecule has 0 aromatic carbocycles. The van der Waals surface area contributed by atoms with Crippen molar-refractivity contribution in [3.8, 4) is 0 Å². The van der Waals surface area contributed by atoms with Gasteiger partial charge in [0.2, 0.25) is 0 Å². The minimum absolute atomic E-state index is 0.0320. The van der Waals surface area contributed by atoms with Crippen molar-refractivity contribution >= 4 is 0 Å². The van der Waals surface area contributed by atoms with Gasteiger partial charge in [0.25, 0.3) is 0 Å². The Hall–Kier alpha value is -0.290. The molecule has 0 radical (unpaired) electrons. The first-order valence-electron chi connectivity index (χ1n) is 6.35. The number of alkyl halides is 3. The van der Waals surface area contributed by atoms with E-state index in [1.165, 1.54) is 0 Å². The van der Waals surface area contributed by atoms with Crippen LogP contribution in [-0.4, -0.2) is 35.7 Å². The Kier molecular flexibility index (Phi) is 4.84. The third-order valence-electron chi connectivity index (χ3n) is 3.74. The lowest BCUT2D eigenvalue weighted by atomic mass is 9.91. The van der Waals surface area contributed by atoms with Crippen LogP contribution in [-0.2, 0) is 0 Å². The first-order chi connectivity index (χ1) is 7.77. The Bertz CT molecular complexity index is 242. The number of hydrogen-bond donors (Lipinski definition) is 1. The summed E-state index contributed by atoms with van der Waals surface area (Å²) in [6.07, 6.45) is -2.06. The van der Waals surface area contributed by atoms with Crippen molar-refractivity contribution in [2.45, 2.75) is 64.3 Å². The minimum atomic E-state index is -4.24. The number of rotatable bonds is 3. The van der Waals surface area contributed by atoms with Gasteiger partial charge in [0.1, 0.15) is 6.04 Å². The summed E-state index contributed by atoms with van der Waals surface area (Å²) in [6, 6.07) is -2.36. The molecule has 0 amide bonds. The zero-order valence-electron chi connectivity index (χ0n) is 10.8. The van der Waals surface area contributed by atoms with Crippen LogP contribution in [0, 0.1) is 5.92 Å². The molecule has 1 heterocycles. The highest BCUT2D eigenvalue weighted by atomic mass is 19.4. The molecule has 1 saturated heterocycles. The van der Waals surface area contributed by atoms with Crippen LogP contribution in [0.25, 0.3) is 0 Å². The Morgan fingerprint density at radius 3 is 2.35 bits per heavy atom. The van der Waals surface area contributed by atoms with E-state index in [-0.39, 0.29) is 6.04 Å². The van der Waals surface area contributed by atoms with Gasteiger partial charge in [-0.15, -0.1) is 0 Å². The number of nitrogens with two attached hydrogens (primary N) is 1. The van der Waals surface area contributed by atoms with Gasteiger partial charge in [0.05, 0.1) is 0 Å². The maximum Gasteiger partial charge on any atom is 0.405 e. The Morgan fingerprint density at radius 2 is 1.88 bits per heavy atom. The molecule has 0 saturated carbocycles. The van der Waals surface area contributed by atoms with Gasteiger partial charge in [-0.05, 0) is 32.1 Å². The summed E-state index contributed by atoms with van der Waals surface area (Å²) in [6.45, 7) is 6.08. The van der Waals surface area contributed by atoms with Crippen molar-refractivity contribution in [3.05, 3.63) is 0 Å². The van der Waals surface area contributed by atoms with E-state index in [0.29, 0.717) is 18.9 Å². The summed E-state index contributed by atoms with van der Waals surface area (Å²) in [5, 5.41) is 0. The highest BCUT2D eigenvalue weighted by molar-refractivity contribution is 4.92. The topological polar surface area (TPSA) is 29.3 Å². The van der Waals surface area contributed by atoms with E-state index < -0.39 is 18.3 Å². The van der Waals surface area contributed by atoms with Crippen LogP contribution in [0.1, 0.15) is 40.0 Å². The van der Waals surface area contributed by atoms with E-state index in [1.54, 1.807) is 11.8 Å². The van der Waals surface area contributed by atoms with Crippen LogP contribution >= 0.6 is 0 Å². The molecule has 2 nitrogen and oxygen atoms in total. The monoisotopic (exact) mass is 252 g/mol. The van der Waals surface area contributed by atoms with E-state index in [0.717, 1.165) is 12.8 Å². The van der Waals surface area contributed by atoms with E-state index in [9.17, 15) is 13.2 Å². The molecule has 102 valence electrons. The molecule has 0 aliphatic carbocycles. The van der Waals surface area contributed by atoms with Crippen molar-refractivity contribution in [1.82, 2.24) is 4.90 Å². The van der Waals surface area contributed by atoms with Gasteiger partial charge in [0.15, 0.2) is 0 Å². The first-order valence-corrected chi connectivity index (χ1v) is 6.35. The lowest BCUT2D eigenvalue weighted by Gasteiger charge is -2.44. The van der Waals surface area contributed by atoms with Crippen molar-refractivity contribution in [2.24, 2.45) is 11.7 Å². The Labute approximate surface area is 101 Å². The summed E-state index contributed by atoms with van der Waals surface area (Å²) >= 11 is 0. The molecule has 1 fully saturated rings. The minimum Gasteiger partial charge on any atom is -0.326 e. The molecule has 4 atom stereocenters. The Morgan fingerprint density at radius 1 is 1.29 bits per heavy atom. The van der Waals surface area contributed by atoms with Gasteiger partial charge in [-0.1, -0.05) is 13.8 Å². The van der Waals surface area contributed by atoms with Crippen LogP contribution < -0.4 is 5.73 Å². The second kappa shape index (κ2) is 5.57. The molecule has 0 aromatic rings. The molecule has 1 rings (SSSR count). The number of hydrogen-bond acceptors (Lipinski definition) is 2. The second-order valence-corrected chi connectivity index (χ2v) is 5.29. The average molecular weight is 252 g/mol. The molecule has 1 aliphatic heterocycles. The van der Waals surface area contributed by atoms with Gasteiger partial charge < -0.3 is 5.73 Å². The van der Waals surface area contributed by atoms with Crippen LogP contribution in [0.3, 0.4) is 0 Å². The Balaban J connectivity index is 2.88. The van der Waals surface area contributed by atoms with Crippen molar-refractivity contribution in [1.29, 1.82) is 0 Å². The largest absolute Gasteiger partial charge is 0.405 e. The number of nitrogens with zero attached hydrogens (tertiary/aromatic N) is 1. The zero-order chi connectivity index (χ0) is 13.2. The molecule has 1 aliphatic rings. The summed E-state index contributed by atoms with van der Waals surface area (Å²) in [7, 11) is 0. The van der Waals surface area contributed by atoms with Gasteiger partial charge in [-0.25, -0.2) is 0 Å². The number of likely N-dealkylation sites (tertiary alicyclic amines) is 1. The first kappa shape index (κ1) is 14.8. The average Bonchev–Trinajstić information content (AvgIpc) is 2.21. The fraction of sp³-hybridized carbons (Fsp3) is 1.00. The summed E-state index contributed by atoms with van der Waals surface area (Å²) < 4.78 is 39.4. The van der Waals surface area contributed by atoms with Crippen molar-refractivity contribution < 1.29 is 13.2 Å². The van der Waals surface area contributed by atoms with Crippen molar-refractivity contribution in [2.75, 3.05) is 6.54 Å². The molecule has 5 heteroatoms. The van der Waals surface area contributed by atoms with Crippen LogP contribution in [0.4, 0.5) is 13.2 Å². The maximum atomic E-state index is 13.1. The summed E-state index contributed by atoms with van der Waals surface area (Å²) in [5.41, 5.74) is 5.68. The third kappa shape index (κ3) is 3.58. The van der Waals surface area contributed by atoms with E-state index in [2.05, 4.69) is 0 Å². The molecule has 2 N–H and O–H groups in total. The van der Waals surface area contributed by atoms with Crippen molar-refractivity contribution in [3.63, 3.8) is 0 Å². The molecule has 0 aromatic heterocycles. The van der Waals surface area contributed by atoms with E-state index >= 15 is 0 Å². The quantitative estimate of drug-likeness (QED) is 0.837. The van der Waals surface area contributed by atoms with Gasteiger partial charge in [-0.3, -0.25) is 4.90 Å². The molecule has 0 spiro atoms. The maximum absolute atomic E-state index is 13.1. The van der Waals surface area contributed by atoms with Gasteiger partial charge in [0, 0.05) is 18.6 Å². The van der Waals surface area contributed by atoms with Crippen LogP contribution in [0.15, 0.2) is 0 Å². The lowest BCUT2D eigenvalue weighted by Crippen LogP contribution is -2.60. The molecule has 4 unspecified atom stereocenters. The van der Waals surface area contributed by atoms with Gasteiger partial charge >= 0.3 is 6.18 Å². The van der Waals surface area contributed by atoms with Crippen LogP contribution in [0.2, 0.25) is 0 Å².